The highest BCUT2D eigenvalue weighted by Crippen LogP contribution is 2.03. The number of amides is 2. The zero-order valence-electron chi connectivity index (χ0n) is 9.47. The maximum atomic E-state index is 11.5. The molecule has 0 radical (unpaired) electrons. The summed E-state index contributed by atoms with van der Waals surface area (Å²) in [5, 5.41) is 10.6. The van der Waals surface area contributed by atoms with Gasteiger partial charge in [0.25, 0.3) is 0 Å². The number of H-pyrrole nitrogens is 1. The summed E-state index contributed by atoms with van der Waals surface area (Å²) in [6.45, 7) is 1.78. The molecule has 0 aromatic carbocycles. The van der Waals surface area contributed by atoms with E-state index < -0.39 is 11.8 Å². The number of hydrogen-bond acceptors (Lipinski definition) is 5. The third-order valence-electron chi connectivity index (χ3n) is 1.98. The maximum absolute atomic E-state index is 11.5. The molecule has 0 aliphatic heterocycles. The first-order valence-electron chi connectivity index (χ1n) is 5.06. The van der Waals surface area contributed by atoms with Crippen LogP contribution in [0.1, 0.15) is 5.69 Å². The van der Waals surface area contributed by atoms with Crippen molar-refractivity contribution in [2.75, 3.05) is 10.6 Å². The molecule has 2 heterocycles. The molecule has 2 amide bonds. The van der Waals surface area contributed by atoms with Gasteiger partial charge < -0.3 is 5.32 Å². The molecule has 0 saturated carbocycles. The van der Waals surface area contributed by atoms with Crippen LogP contribution < -0.4 is 10.6 Å². The highest BCUT2D eigenvalue weighted by molar-refractivity contribution is 6.43. The van der Waals surface area contributed by atoms with E-state index in [1.165, 1.54) is 6.33 Å². The minimum Gasteiger partial charge on any atom is -0.302 e. The zero-order chi connectivity index (χ0) is 13.0. The monoisotopic (exact) mass is 246 g/mol. The Bertz CT molecular complexity index is 566. The van der Waals surface area contributed by atoms with Crippen molar-refractivity contribution in [2.45, 2.75) is 6.92 Å². The summed E-state index contributed by atoms with van der Waals surface area (Å²) in [6.07, 6.45) is 1.22. The average Bonchev–Trinajstić information content (AvgIpc) is 2.81. The van der Waals surface area contributed by atoms with Gasteiger partial charge in [0.1, 0.15) is 12.1 Å². The standard InChI is InChI=1S/C10H10N6O2/c1-6-3-2-4-7(13-6)14-8(17)9(18)15-10-11-5-12-16-10/h2-5H,1H3,(H,13,14,17)(H2,11,12,15,16,18). The predicted octanol–water partition coefficient (Wildman–Crippen LogP) is 0.0853. The summed E-state index contributed by atoms with van der Waals surface area (Å²) in [5.74, 6) is -1.26. The second-order valence-corrected chi connectivity index (χ2v) is 3.41. The molecule has 0 atom stereocenters. The number of aromatic nitrogens is 4. The Labute approximate surface area is 102 Å². The van der Waals surface area contributed by atoms with Crippen molar-refractivity contribution in [1.82, 2.24) is 20.2 Å². The Balaban J connectivity index is 1.97. The number of aryl methyl sites for hydroxylation is 1. The highest BCUT2D eigenvalue weighted by atomic mass is 16.2. The fourth-order valence-electron chi connectivity index (χ4n) is 1.22. The lowest BCUT2D eigenvalue weighted by molar-refractivity contribution is -0.133. The molecule has 0 aliphatic rings. The van der Waals surface area contributed by atoms with E-state index in [-0.39, 0.29) is 5.95 Å². The van der Waals surface area contributed by atoms with E-state index in [2.05, 4.69) is 30.8 Å². The van der Waals surface area contributed by atoms with Gasteiger partial charge in [0.2, 0.25) is 5.95 Å². The molecule has 0 spiro atoms. The molecule has 0 aliphatic carbocycles. The molecule has 8 nitrogen and oxygen atoms in total. The maximum Gasteiger partial charge on any atom is 0.316 e. The fraction of sp³-hybridized carbons (Fsp3) is 0.100. The number of anilines is 2. The molecule has 2 rings (SSSR count). The summed E-state index contributed by atoms with van der Waals surface area (Å²) in [7, 11) is 0. The van der Waals surface area contributed by atoms with Crippen LogP contribution in [0.3, 0.4) is 0 Å². The summed E-state index contributed by atoms with van der Waals surface area (Å²) < 4.78 is 0. The van der Waals surface area contributed by atoms with Crippen LogP contribution in [0.2, 0.25) is 0 Å². The summed E-state index contributed by atoms with van der Waals surface area (Å²) in [5.41, 5.74) is 0.739. The molecule has 3 N–H and O–H groups in total. The minimum absolute atomic E-state index is 0.104. The molecule has 0 unspecified atom stereocenters. The summed E-state index contributed by atoms with van der Waals surface area (Å²) in [6, 6.07) is 5.10. The van der Waals surface area contributed by atoms with Gasteiger partial charge in [-0.15, -0.1) is 0 Å². The van der Waals surface area contributed by atoms with Crippen molar-refractivity contribution in [1.29, 1.82) is 0 Å². The quantitative estimate of drug-likeness (QED) is 0.650. The largest absolute Gasteiger partial charge is 0.316 e. The lowest BCUT2D eigenvalue weighted by Gasteiger charge is -2.04. The lowest BCUT2D eigenvalue weighted by atomic mass is 10.3. The van der Waals surface area contributed by atoms with Crippen LogP contribution in [0.25, 0.3) is 0 Å². The molecule has 8 heteroatoms. The van der Waals surface area contributed by atoms with Gasteiger partial charge in [-0.05, 0) is 19.1 Å². The molecular weight excluding hydrogens is 236 g/mol. The number of hydrogen-bond donors (Lipinski definition) is 3. The van der Waals surface area contributed by atoms with Gasteiger partial charge in [-0.25, -0.2) is 10.1 Å². The number of nitrogens with zero attached hydrogens (tertiary/aromatic N) is 3. The summed E-state index contributed by atoms with van der Waals surface area (Å²) in [4.78, 5) is 30.7. The lowest BCUT2D eigenvalue weighted by Crippen LogP contribution is -2.29. The van der Waals surface area contributed by atoms with Gasteiger partial charge >= 0.3 is 11.8 Å². The first-order valence-corrected chi connectivity index (χ1v) is 5.06. The van der Waals surface area contributed by atoms with Crippen molar-refractivity contribution < 1.29 is 9.59 Å². The second kappa shape index (κ2) is 5.04. The Hall–Kier alpha value is -2.77. The van der Waals surface area contributed by atoms with E-state index in [4.69, 9.17) is 0 Å². The number of aromatic amines is 1. The topological polar surface area (TPSA) is 113 Å². The van der Waals surface area contributed by atoms with Gasteiger partial charge in [0.15, 0.2) is 0 Å². The van der Waals surface area contributed by atoms with Crippen LogP contribution in [0.15, 0.2) is 24.5 Å². The summed E-state index contributed by atoms with van der Waals surface area (Å²) >= 11 is 0. The van der Waals surface area contributed by atoms with Crippen LogP contribution >= 0.6 is 0 Å². The molecular formula is C10H10N6O2. The molecule has 0 bridgehead atoms. The zero-order valence-corrected chi connectivity index (χ0v) is 9.47. The molecule has 0 fully saturated rings. The van der Waals surface area contributed by atoms with Crippen molar-refractivity contribution in [3.05, 3.63) is 30.2 Å². The number of pyridine rings is 1. The van der Waals surface area contributed by atoms with Gasteiger partial charge in [-0.1, -0.05) is 6.07 Å². The highest BCUT2D eigenvalue weighted by Gasteiger charge is 2.15. The van der Waals surface area contributed by atoms with Gasteiger partial charge in [-0.3, -0.25) is 14.9 Å². The minimum atomic E-state index is -0.852. The average molecular weight is 246 g/mol. The van der Waals surface area contributed by atoms with E-state index in [0.717, 1.165) is 5.69 Å². The first kappa shape index (κ1) is 11.7. The van der Waals surface area contributed by atoms with Crippen LogP contribution in [0.4, 0.5) is 11.8 Å². The van der Waals surface area contributed by atoms with E-state index in [0.29, 0.717) is 5.82 Å². The molecule has 18 heavy (non-hydrogen) atoms. The van der Waals surface area contributed by atoms with Gasteiger partial charge in [0.05, 0.1) is 0 Å². The van der Waals surface area contributed by atoms with Crippen molar-refractivity contribution in [3.63, 3.8) is 0 Å². The Morgan fingerprint density at radius 2 is 2.00 bits per heavy atom. The Morgan fingerprint density at radius 3 is 2.67 bits per heavy atom. The molecule has 2 aromatic heterocycles. The van der Waals surface area contributed by atoms with E-state index in [1.807, 2.05) is 0 Å². The number of carbonyl (C=O) groups is 2. The second-order valence-electron chi connectivity index (χ2n) is 3.41. The van der Waals surface area contributed by atoms with E-state index >= 15 is 0 Å². The molecule has 0 saturated heterocycles. The van der Waals surface area contributed by atoms with E-state index in [1.54, 1.807) is 25.1 Å². The molecule has 2 aromatic rings. The van der Waals surface area contributed by atoms with Crippen LogP contribution in [-0.2, 0) is 9.59 Å². The molecule has 92 valence electrons. The van der Waals surface area contributed by atoms with Crippen LogP contribution in [-0.4, -0.2) is 32.0 Å². The number of nitrogens with one attached hydrogen (secondary N) is 3. The van der Waals surface area contributed by atoms with Crippen molar-refractivity contribution >= 4 is 23.6 Å². The number of carbonyl (C=O) groups excluding carboxylic acids is 2. The predicted molar refractivity (Wildman–Crippen MR) is 62.6 cm³/mol. The SMILES string of the molecule is Cc1cccc(NC(=O)C(=O)Nc2ncn[nH]2)n1. The van der Waals surface area contributed by atoms with Gasteiger partial charge in [-0.2, -0.15) is 10.1 Å². The number of rotatable bonds is 2. The normalized spacial score (nSPS) is 9.83. The van der Waals surface area contributed by atoms with E-state index in [9.17, 15) is 9.59 Å². The van der Waals surface area contributed by atoms with Gasteiger partial charge in [0, 0.05) is 5.69 Å². The smallest absolute Gasteiger partial charge is 0.302 e. The first-order chi connectivity index (χ1) is 8.65. The van der Waals surface area contributed by atoms with Crippen LogP contribution in [0, 0.1) is 6.92 Å². The third-order valence-corrected chi connectivity index (χ3v) is 1.98. The van der Waals surface area contributed by atoms with Crippen molar-refractivity contribution in [3.8, 4) is 0 Å². The third kappa shape index (κ3) is 2.88. The fourth-order valence-corrected chi connectivity index (χ4v) is 1.22. The Kier molecular flexibility index (Phi) is 3.28. The van der Waals surface area contributed by atoms with Crippen molar-refractivity contribution in [2.24, 2.45) is 0 Å². The van der Waals surface area contributed by atoms with Crippen LogP contribution in [0.5, 0.6) is 0 Å². The Morgan fingerprint density at radius 1 is 1.22 bits per heavy atom.